The number of pyridine rings is 1. The molecule has 0 bridgehead atoms. The number of benzene rings is 1. The van der Waals surface area contributed by atoms with E-state index < -0.39 is 0 Å². The molecule has 1 aliphatic rings. The van der Waals surface area contributed by atoms with Crippen LogP contribution in [0.25, 0.3) is 0 Å². The maximum absolute atomic E-state index is 14.1. The minimum absolute atomic E-state index is 0.177. The van der Waals surface area contributed by atoms with Crippen molar-refractivity contribution in [3.8, 4) is 0 Å². The summed E-state index contributed by atoms with van der Waals surface area (Å²) in [5.74, 6) is 2.22. The van der Waals surface area contributed by atoms with Crippen molar-refractivity contribution in [2.24, 2.45) is 0 Å². The molecule has 7 heteroatoms. The molecular formula is C21H23FN6. The normalized spacial score (nSPS) is 17.7. The predicted octanol–water partition coefficient (Wildman–Crippen LogP) is 4.46. The third-order valence-electron chi connectivity index (χ3n) is 5.11. The summed E-state index contributed by atoms with van der Waals surface area (Å²) in [5.41, 5.74) is 2.87. The van der Waals surface area contributed by atoms with E-state index >= 15 is 0 Å². The first-order chi connectivity index (χ1) is 13.6. The minimum atomic E-state index is -0.177. The van der Waals surface area contributed by atoms with E-state index in [1.165, 1.54) is 12.4 Å². The van der Waals surface area contributed by atoms with Crippen molar-refractivity contribution >= 4 is 23.1 Å². The maximum atomic E-state index is 14.1. The molecule has 2 unspecified atom stereocenters. The number of rotatable bonds is 6. The van der Waals surface area contributed by atoms with E-state index in [4.69, 9.17) is 0 Å². The zero-order valence-corrected chi connectivity index (χ0v) is 15.9. The van der Waals surface area contributed by atoms with Crippen molar-refractivity contribution in [2.75, 3.05) is 22.5 Å². The van der Waals surface area contributed by atoms with Crippen LogP contribution in [0.5, 0.6) is 0 Å². The Hall–Kier alpha value is -3.22. The first kappa shape index (κ1) is 18.2. The quantitative estimate of drug-likeness (QED) is 0.588. The average Bonchev–Trinajstić information content (AvgIpc) is 3.04. The summed E-state index contributed by atoms with van der Waals surface area (Å²) < 4.78 is 14.1. The molecule has 0 radical (unpaired) electrons. The maximum Gasteiger partial charge on any atom is 0.146 e. The Labute approximate surface area is 163 Å². The summed E-state index contributed by atoms with van der Waals surface area (Å²) in [6.07, 6.45) is 4.11. The van der Waals surface area contributed by atoms with Crippen LogP contribution in [-0.4, -0.2) is 27.5 Å². The van der Waals surface area contributed by atoms with E-state index in [0.717, 1.165) is 35.7 Å². The van der Waals surface area contributed by atoms with Crippen LogP contribution in [0.4, 0.5) is 27.5 Å². The fourth-order valence-corrected chi connectivity index (χ4v) is 3.74. The molecule has 0 saturated heterocycles. The Bertz CT molecular complexity index is 962. The van der Waals surface area contributed by atoms with E-state index in [1.807, 2.05) is 37.3 Å². The van der Waals surface area contributed by atoms with E-state index in [1.54, 1.807) is 6.20 Å². The number of aromatic nitrogens is 3. The van der Waals surface area contributed by atoms with Crippen LogP contribution in [0.2, 0.25) is 0 Å². The lowest BCUT2D eigenvalue weighted by Gasteiger charge is -2.18. The monoisotopic (exact) mass is 378 g/mol. The van der Waals surface area contributed by atoms with Crippen LogP contribution in [0.1, 0.15) is 30.4 Å². The number of nitrogens with one attached hydrogen (secondary N) is 3. The molecule has 0 fully saturated rings. The van der Waals surface area contributed by atoms with Crippen LogP contribution in [0, 0.1) is 12.7 Å². The van der Waals surface area contributed by atoms with Crippen molar-refractivity contribution in [2.45, 2.75) is 32.2 Å². The van der Waals surface area contributed by atoms with Gasteiger partial charge in [0, 0.05) is 30.8 Å². The van der Waals surface area contributed by atoms with Crippen molar-refractivity contribution in [3.05, 3.63) is 65.9 Å². The van der Waals surface area contributed by atoms with Gasteiger partial charge in [0.25, 0.3) is 0 Å². The number of hydrogen-bond acceptors (Lipinski definition) is 6. The molecular weight excluding hydrogens is 355 g/mol. The van der Waals surface area contributed by atoms with Gasteiger partial charge < -0.3 is 16.0 Å². The number of aryl methyl sites for hydroxylation is 1. The SMILES string of the molecule is Cc1ccc(F)c2c1C(CCNc1cc(Nc3ccccn3)ncn1)C(C)N2. The molecule has 3 N–H and O–H groups in total. The van der Waals surface area contributed by atoms with Gasteiger partial charge in [-0.2, -0.15) is 0 Å². The fourth-order valence-electron chi connectivity index (χ4n) is 3.74. The molecule has 6 nitrogen and oxygen atoms in total. The highest BCUT2D eigenvalue weighted by Gasteiger charge is 2.32. The third kappa shape index (κ3) is 3.74. The Morgan fingerprint density at radius 2 is 1.93 bits per heavy atom. The molecule has 144 valence electrons. The van der Waals surface area contributed by atoms with Gasteiger partial charge in [-0.25, -0.2) is 19.3 Å². The lowest BCUT2D eigenvalue weighted by molar-refractivity contribution is 0.596. The number of fused-ring (bicyclic) bond motifs is 1. The van der Waals surface area contributed by atoms with E-state index in [2.05, 4.69) is 37.8 Å². The highest BCUT2D eigenvalue weighted by Crippen LogP contribution is 2.41. The molecule has 0 saturated carbocycles. The molecule has 1 aliphatic heterocycles. The molecule has 3 aromatic rings. The molecule has 2 aromatic heterocycles. The summed E-state index contributed by atoms with van der Waals surface area (Å²) in [6.45, 7) is 4.87. The van der Waals surface area contributed by atoms with Gasteiger partial charge in [0.1, 0.15) is 29.6 Å². The number of nitrogens with zero attached hydrogens (tertiary/aromatic N) is 3. The van der Waals surface area contributed by atoms with Gasteiger partial charge in [-0.05, 0) is 49.6 Å². The largest absolute Gasteiger partial charge is 0.379 e. The summed E-state index contributed by atoms with van der Waals surface area (Å²) in [7, 11) is 0. The lowest BCUT2D eigenvalue weighted by Crippen LogP contribution is -2.19. The third-order valence-corrected chi connectivity index (χ3v) is 5.11. The summed E-state index contributed by atoms with van der Waals surface area (Å²) >= 11 is 0. The van der Waals surface area contributed by atoms with Gasteiger partial charge in [0.05, 0.1) is 5.69 Å². The van der Waals surface area contributed by atoms with Crippen LogP contribution in [0.15, 0.2) is 48.9 Å². The van der Waals surface area contributed by atoms with Crippen LogP contribution >= 0.6 is 0 Å². The molecule has 2 atom stereocenters. The van der Waals surface area contributed by atoms with Crippen LogP contribution in [-0.2, 0) is 0 Å². The molecule has 0 spiro atoms. The van der Waals surface area contributed by atoms with Crippen molar-refractivity contribution in [1.82, 2.24) is 15.0 Å². The smallest absolute Gasteiger partial charge is 0.146 e. The summed E-state index contributed by atoms with van der Waals surface area (Å²) in [4.78, 5) is 12.7. The fraction of sp³-hybridized carbons (Fsp3) is 0.286. The van der Waals surface area contributed by atoms with Crippen molar-refractivity contribution in [3.63, 3.8) is 0 Å². The molecule has 28 heavy (non-hydrogen) atoms. The van der Waals surface area contributed by atoms with E-state index in [0.29, 0.717) is 11.5 Å². The van der Waals surface area contributed by atoms with Crippen LogP contribution < -0.4 is 16.0 Å². The second-order valence-corrected chi connectivity index (χ2v) is 7.04. The van der Waals surface area contributed by atoms with Crippen molar-refractivity contribution in [1.29, 1.82) is 0 Å². The Kier molecular flexibility index (Phi) is 5.06. The zero-order chi connectivity index (χ0) is 19.5. The number of halogens is 1. The topological polar surface area (TPSA) is 74.8 Å². The van der Waals surface area contributed by atoms with Crippen LogP contribution in [0.3, 0.4) is 0 Å². The van der Waals surface area contributed by atoms with Gasteiger partial charge >= 0.3 is 0 Å². The molecule has 3 heterocycles. The highest BCUT2D eigenvalue weighted by atomic mass is 19.1. The second-order valence-electron chi connectivity index (χ2n) is 7.04. The molecule has 0 aliphatic carbocycles. The minimum Gasteiger partial charge on any atom is -0.379 e. The predicted molar refractivity (Wildman–Crippen MR) is 110 cm³/mol. The first-order valence-corrected chi connectivity index (χ1v) is 9.41. The van der Waals surface area contributed by atoms with Gasteiger partial charge in [-0.15, -0.1) is 0 Å². The van der Waals surface area contributed by atoms with E-state index in [9.17, 15) is 4.39 Å². The number of hydrogen-bond donors (Lipinski definition) is 3. The van der Waals surface area contributed by atoms with E-state index in [-0.39, 0.29) is 17.8 Å². The highest BCUT2D eigenvalue weighted by molar-refractivity contribution is 5.63. The van der Waals surface area contributed by atoms with Gasteiger partial charge in [0.2, 0.25) is 0 Å². The van der Waals surface area contributed by atoms with Crippen molar-refractivity contribution < 1.29 is 4.39 Å². The Balaban J connectivity index is 1.40. The standard InChI is InChI=1S/C21H23FN6/c1-13-6-7-16(22)21-20(13)15(14(2)27-21)8-10-24-18-11-19(26-12-25-18)28-17-5-3-4-9-23-17/h3-7,9,11-12,14-15,27H,8,10H2,1-2H3,(H2,23,24,25,26,28). The second kappa shape index (κ2) is 7.80. The van der Waals surface area contributed by atoms with Gasteiger partial charge in [-0.1, -0.05) is 12.1 Å². The first-order valence-electron chi connectivity index (χ1n) is 9.41. The lowest BCUT2D eigenvalue weighted by atomic mass is 9.89. The van der Waals surface area contributed by atoms with Gasteiger partial charge in [-0.3, -0.25) is 0 Å². The molecule has 4 rings (SSSR count). The Morgan fingerprint density at radius 1 is 1.07 bits per heavy atom. The zero-order valence-electron chi connectivity index (χ0n) is 15.9. The molecule has 1 aromatic carbocycles. The average molecular weight is 378 g/mol. The Morgan fingerprint density at radius 3 is 2.75 bits per heavy atom. The van der Waals surface area contributed by atoms with Gasteiger partial charge in [0.15, 0.2) is 0 Å². The summed E-state index contributed by atoms with van der Waals surface area (Å²) in [5, 5.41) is 9.80. The number of anilines is 4. The summed E-state index contributed by atoms with van der Waals surface area (Å²) in [6, 6.07) is 11.1. The molecule has 0 amide bonds.